The normalized spacial score (nSPS) is 12.3. The van der Waals surface area contributed by atoms with Crippen molar-refractivity contribution in [3.63, 3.8) is 0 Å². The second-order valence-electron chi connectivity index (χ2n) is 21.9. The lowest BCUT2D eigenvalue weighted by molar-refractivity contribution is 0.918. The van der Waals surface area contributed by atoms with Crippen molar-refractivity contribution in [3.05, 3.63) is 261 Å². The molecule has 0 spiro atoms. The van der Waals surface area contributed by atoms with Gasteiger partial charge in [0.15, 0.2) is 0 Å². The number of rotatable bonds is 6. The van der Waals surface area contributed by atoms with Gasteiger partial charge in [-0.3, -0.25) is 13.7 Å². The minimum absolute atomic E-state index is 0.582. The highest BCUT2D eigenvalue weighted by Gasteiger charge is 2.26. The molecule has 8 heteroatoms. The lowest BCUT2D eigenvalue weighted by atomic mass is 9.95. The molecule has 390 valence electrons. The summed E-state index contributed by atoms with van der Waals surface area (Å²) < 4.78 is 14.8. The van der Waals surface area contributed by atoms with E-state index in [1.54, 1.807) is 0 Å². The summed E-state index contributed by atoms with van der Waals surface area (Å²) in [6.07, 6.45) is 0. The molecule has 0 bridgehead atoms. The van der Waals surface area contributed by atoms with Gasteiger partial charge in [-0.1, -0.05) is 182 Å². The van der Waals surface area contributed by atoms with Crippen LogP contribution in [0.4, 0.5) is 0 Å². The Morgan fingerprint density at radius 1 is 0.214 bits per heavy atom. The maximum atomic E-state index is 5.89. The first-order valence-electron chi connectivity index (χ1n) is 28.4. The van der Waals surface area contributed by atoms with E-state index in [0.717, 1.165) is 60.9 Å². The molecule has 0 atom stereocenters. The number of aromatic nitrogens is 5. The first-order chi connectivity index (χ1) is 41.7. The summed E-state index contributed by atoms with van der Waals surface area (Å²) >= 11 is 5.58. The van der Waals surface area contributed by atoms with E-state index in [2.05, 4.69) is 275 Å². The quantitative estimate of drug-likeness (QED) is 0.166. The monoisotopic (exact) mass is 1120 g/mol. The van der Waals surface area contributed by atoms with Crippen LogP contribution in [0.1, 0.15) is 0 Å². The molecule has 0 radical (unpaired) electrons. The number of nitrogens with zero attached hydrogens (tertiary/aromatic N) is 5. The van der Waals surface area contributed by atoms with Gasteiger partial charge in [0.2, 0.25) is 5.95 Å². The fourth-order valence-corrected chi connectivity index (χ4v) is 17.6. The van der Waals surface area contributed by atoms with Gasteiger partial charge in [0.25, 0.3) is 0 Å². The molecule has 0 aliphatic carbocycles. The van der Waals surface area contributed by atoms with Gasteiger partial charge in [0, 0.05) is 98.9 Å². The largest absolute Gasteiger partial charge is 0.294 e. The molecule has 0 saturated heterocycles. The maximum absolute atomic E-state index is 5.89. The Kier molecular flexibility index (Phi) is 9.75. The van der Waals surface area contributed by atoms with Gasteiger partial charge in [-0.2, -0.15) is 9.97 Å². The van der Waals surface area contributed by atoms with Gasteiger partial charge in [-0.25, -0.2) is 0 Å². The molecule has 0 aliphatic heterocycles. The van der Waals surface area contributed by atoms with Crippen molar-refractivity contribution in [3.8, 4) is 51.0 Å². The van der Waals surface area contributed by atoms with Crippen LogP contribution in [0.15, 0.2) is 261 Å². The molecule has 19 aromatic rings. The summed E-state index contributed by atoms with van der Waals surface area (Å²) in [5.41, 5.74) is 13.6. The van der Waals surface area contributed by atoms with Crippen LogP contribution in [0.3, 0.4) is 0 Å². The molecule has 7 heterocycles. The van der Waals surface area contributed by atoms with Crippen molar-refractivity contribution >= 4 is 160 Å². The molecule has 0 unspecified atom stereocenters. The van der Waals surface area contributed by atoms with E-state index in [0.29, 0.717) is 5.95 Å². The third kappa shape index (κ3) is 6.47. The highest BCUT2D eigenvalue weighted by atomic mass is 32.1. The predicted octanol–water partition coefficient (Wildman–Crippen LogP) is 21.9. The summed E-state index contributed by atoms with van der Waals surface area (Å²) in [6, 6.07) is 95.9. The van der Waals surface area contributed by atoms with Crippen molar-refractivity contribution in [1.82, 2.24) is 23.7 Å². The molecule has 0 fully saturated rings. The Morgan fingerprint density at radius 2 is 0.476 bits per heavy atom. The number of thiophene rings is 3. The van der Waals surface area contributed by atoms with Crippen LogP contribution < -0.4 is 0 Å². The van der Waals surface area contributed by atoms with Crippen LogP contribution in [0.5, 0.6) is 0 Å². The molecule has 84 heavy (non-hydrogen) atoms. The minimum Gasteiger partial charge on any atom is -0.294 e. The number of fused-ring (bicyclic) bond motifs is 18. The Bertz CT molecular complexity index is 5430. The van der Waals surface area contributed by atoms with Crippen molar-refractivity contribution < 1.29 is 0 Å². The summed E-state index contributed by atoms with van der Waals surface area (Å²) in [5, 5.41) is 14.7. The highest BCUT2D eigenvalue weighted by Crippen LogP contribution is 2.49. The average molecular weight is 1120 g/mol. The number of benzene rings is 12. The molecule has 0 amide bonds. The van der Waals surface area contributed by atoms with E-state index in [1.165, 1.54) is 110 Å². The molecule has 5 nitrogen and oxygen atoms in total. The lowest BCUT2D eigenvalue weighted by Crippen LogP contribution is -2.10. The van der Waals surface area contributed by atoms with Gasteiger partial charge in [-0.05, 0) is 106 Å². The Morgan fingerprint density at radius 3 is 0.845 bits per heavy atom. The highest BCUT2D eigenvalue weighted by molar-refractivity contribution is 7.26. The molecular weight excluding hydrogens is 1080 g/mol. The van der Waals surface area contributed by atoms with Gasteiger partial charge in [-0.15, -0.1) is 34.0 Å². The van der Waals surface area contributed by atoms with Crippen LogP contribution in [0, 0.1) is 0 Å². The van der Waals surface area contributed by atoms with Crippen molar-refractivity contribution in [2.75, 3.05) is 0 Å². The first kappa shape index (κ1) is 46.4. The smallest absolute Gasteiger partial charge is 0.238 e. The summed E-state index contributed by atoms with van der Waals surface area (Å²) in [6.45, 7) is 0. The molecular formula is C76H43N5S3. The second-order valence-corrected chi connectivity index (χ2v) is 25.1. The summed E-state index contributed by atoms with van der Waals surface area (Å²) in [4.78, 5) is 11.8. The number of hydrogen-bond donors (Lipinski definition) is 0. The van der Waals surface area contributed by atoms with Gasteiger partial charge in [0.05, 0.1) is 33.1 Å². The van der Waals surface area contributed by atoms with E-state index in [1.807, 2.05) is 34.0 Å². The van der Waals surface area contributed by atoms with Crippen LogP contribution in [-0.4, -0.2) is 23.7 Å². The van der Waals surface area contributed by atoms with Crippen LogP contribution in [-0.2, 0) is 0 Å². The molecule has 0 saturated carbocycles. The second kappa shape index (κ2) is 17.6. The third-order valence-electron chi connectivity index (χ3n) is 17.5. The lowest BCUT2D eigenvalue weighted by Gasteiger charge is -2.15. The zero-order valence-corrected chi connectivity index (χ0v) is 47.2. The van der Waals surface area contributed by atoms with Crippen molar-refractivity contribution in [2.24, 2.45) is 0 Å². The molecule has 0 N–H and O–H groups in total. The number of para-hydroxylation sites is 3. The minimum atomic E-state index is 0.582. The van der Waals surface area contributed by atoms with Crippen molar-refractivity contribution in [2.45, 2.75) is 0 Å². The van der Waals surface area contributed by atoms with Gasteiger partial charge >= 0.3 is 0 Å². The summed E-state index contributed by atoms with van der Waals surface area (Å²) in [7, 11) is 0. The molecule has 19 rings (SSSR count). The fourth-order valence-electron chi connectivity index (χ4n) is 14.2. The van der Waals surface area contributed by atoms with E-state index in [-0.39, 0.29) is 0 Å². The van der Waals surface area contributed by atoms with E-state index in [9.17, 15) is 0 Å². The van der Waals surface area contributed by atoms with E-state index in [4.69, 9.17) is 9.97 Å². The predicted molar refractivity (Wildman–Crippen MR) is 360 cm³/mol. The topological polar surface area (TPSA) is 40.6 Å². The van der Waals surface area contributed by atoms with E-state index < -0.39 is 0 Å². The van der Waals surface area contributed by atoms with Crippen LogP contribution >= 0.6 is 34.0 Å². The van der Waals surface area contributed by atoms with Crippen molar-refractivity contribution in [1.29, 1.82) is 0 Å². The average Bonchev–Trinajstić information content (AvgIpc) is 4.34. The van der Waals surface area contributed by atoms with Gasteiger partial charge < -0.3 is 0 Å². The Labute approximate surface area is 492 Å². The molecule has 0 aliphatic rings. The fraction of sp³-hybridized carbons (Fsp3) is 0. The van der Waals surface area contributed by atoms with Gasteiger partial charge in [0.1, 0.15) is 11.6 Å². The SMILES string of the molecule is c1ccc2c(c1)sc1cccc(-c3cccc4c3c3ccccc3n4-c3cc(-n4c5ccccc5c5c(-c6cccc7sc8ccccc8c67)cccc54)nc(-n4c5ccccc5c5c(-c6cccc7sc8ccccc8c67)cccc54)n3)c12. The number of hydrogen-bond acceptors (Lipinski definition) is 5. The van der Waals surface area contributed by atoms with E-state index >= 15 is 0 Å². The van der Waals surface area contributed by atoms with Crippen LogP contribution in [0.2, 0.25) is 0 Å². The molecule has 7 aromatic heterocycles. The zero-order valence-electron chi connectivity index (χ0n) is 44.8. The van der Waals surface area contributed by atoms with Crippen LogP contribution in [0.25, 0.3) is 177 Å². The Hall–Kier alpha value is -10.2. The standard InChI is InChI=1S/C76H43N5S3/c1-7-31-56-50(19-1)70-44(47-28-16-40-65-73(47)53-22-4-10-37-62(53)82-65)25-13-34-59(70)79(56)68-43-69(80-57-32-8-2-20-51(57)71-45(26-14-35-60(71)80)48-29-17-41-66-74(48)54-23-5-11-38-63(54)83-66)78-76(77-68)81-58-33-9-3-21-52(58)72-46(27-15-36-61(72)81)49-30-18-42-67-75(49)55-24-6-12-39-64(55)84-67/h1-43H. The summed E-state index contributed by atoms with van der Waals surface area (Å²) in [5.74, 6) is 2.12. The molecule has 12 aromatic carbocycles. The third-order valence-corrected chi connectivity index (χ3v) is 20.9. The zero-order chi connectivity index (χ0) is 54.7. The maximum Gasteiger partial charge on any atom is 0.238 e. The first-order valence-corrected chi connectivity index (χ1v) is 30.8. The Balaban J connectivity index is 0.926.